The van der Waals surface area contributed by atoms with Gasteiger partial charge in [-0.05, 0) is 26.7 Å². The number of primary amides is 1. The molecule has 0 bridgehead atoms. The SMILES string of the molecule is CC(C)(NC(=O)N1CCC[C@H]1C(=O)O)C(N)=O. The average molecular weight is 243 g/mol. The quantitative estimate of drug-likeness (QED) is 0.620. The summed E-state index contributed by atoms with van der Waals surface area (Å²) in [7, 11) is 0. The lowest BCUT2D eigenvalue weighted by molar-refractivity contribution is -0.141. The zero-order chi connectivity index (χ0) is 13.2. The van der Waals surface area contributed by atoms with Crippen LogP contribution in [0.1, 0.15) is 26.7 Å². The number of hydrogen-bond donors (Lipinski definition) is 3. The number of nitrogens with zero attached hydrogens (tertiary/aromatic N) is 1. The molecule has 7 nitrogen and oxygen atoms in total. The fourth-order valence-electron chi connectivity index (χ4n) is 1.67. The molecule has 96 valence electrons. The highest BCUT2D eigenvalue weighted by Gasteiger charge is 2.37. The van der Waals surface area contributed by atoms with Crippen LogP contribution in [0, 0.1) is 0 Å². The van der Waals surface area contributed by atoms with Crippen LogP contribution in [0.4, 0.5) is 4.79 Å². The standard InChI is InChI=1S/C10H17N3O4/c1-10(2,8(11)16)12-9(17)13-5-3-4-6(13)7(14)15/h6H,3-5H2,1-2H3,(H2,11,16)(H,12,17)(H,14,15)/t6-/m0/s1. The highest BCUT2D eigenvalue weighted by molar-refractivity contribution is 5.90. The van der Waals surface area contributed by atoms with Gasteiger partial charge in [0.05, 0.1) is 0 Å². The molecule has 0 unspecified atom stereocenters. The number of carboxylic acid groups (broad SMARTS) is 1. The van der Waals surface area contributed by atoms with E-state index in [1.54, 1.807) is 0 Å². The van der Waals surface area contributed by atoms with Crippen molar-refractivity contribution in [1.29, 1.82) is 0 Å². The molecule has 0 aromatic rings. The highest BCUT2D eigenvalue weighted by Crippen LogP contribution is 2.18. The van der Waals surface area contributed by atoms with E-state index in [2.05, 4.69) is 5.32 Å². The van der Waals surface area contributed by atoms with Crippen molar-refractivity contribution in [3.05, 3.63) is 0 Å². The summed E-state index contributed by atoms with van der Waals surface area (Å²) in [5.74, 6) is -1.70. The summed E-state index contributed by atoms with van der Waals surface area (Å²) < 4.78 is 0. The molecule has 0 spiro atoms. The third-order valence-electron chi connectivity index (χ3n) is 2.83. The third kappa shape index (κ3) is 2.86. The Bertz CT molecular complexity index is 353. The second-order valence-electron chi connectivity index (χ2n) is 4.61. The smallest absolute Gasteiger partial charge is 0.326 e. The summed E-state index contributed by atoms with van der Waals surface area (Å²) >= 11 is 0. The fourth-order valence-corrected chi connectivity index (χ4v) is 1.67. The Hall–Kier alpha value is -1.79. The molecule has 0 aromatic carbocycles. The van der Waals surface area contributed by atoms with Crippen LogP contribution in [-0.2, 0) is 9.59 Å². The topological polar surface area (TPSA) is 113 Å². The Morgan fingerprint density at radius 1 is 1.41 bits per heavy atom. The Kier molecular flexibility index (Phi) is 3.59. The fraction of sp³-hybridized carbons (Fsp3) is 0.700. The molecule has 0 saturated carbocycles. The van der Waals surface area contributed by atoms with Crippen LogP contribution in [0.2, 0.25) is 0 Å². The highest BCUT2D eigenvalue weighted by atomic mass is 16.4. The van der Waals surface area contributed by atoms with E-state index in [1.165, 1.54) is 18.7 Å². The lowest BCUT2D eigenvalue weighted by Gasteiger charge is -2.28. The molecule has 1 atom stereocenters. The monoisotopic (exact) mass is 243 g/mol. The lowest BCUT2D eigenvalue weighted by Crippen LogP contribution is -2.58. The van der Waals surface area contributed by atoms with Crippen LogP contribution in [0.25, 0.3) is 0 Å². The minimum absolute atomic E-state index is 0.373. The number of urea groups is 1. The number of aliphatic carboxylic acids is 1. The van der Waals surface area contributed by atoms with Crippen molar-refractivity contribution in [1.82, 2.24) is 10.2 Å². The number of nitrogens with one attached hydrogen (secondary N) is 1. The molecule has 3 amide bonds. The van der Waals surface area contributed by atoms with E-state index < -0.39 is 29.5 Å². The first-order chi connectivity index (χ1) is 7.75. The molecule has 0 aromatic heterocycles. The molecule has 1 saturated heterocycles. The van der Waals surface area contributed by atoms with E-state index in [1.807, 2.05) is 0 Å². The van der Waals surface area contributed by atoms with E-state index >= 15 is 0 Å². The summed E-state index contributed by atoms with van der Waals surface area (Å²) in [6.07, 6.45) is 1.07. The van der Waals surface area contributed by atoms with Crippen LogP contribution >= 0.6 is 0 Å². The predicted molar refractivity (Wildman–Crippen MR) is 59.2 cm³/mol. The minimum Gasteiger partial charge on any atom is -0.480 e. The van der Waals surface area contributed by atoms with Gasteiger partial charge in [0, 0.05) is 6.54 Å². The van der Waals surface area contributed by atoms with Crippen LogP contribution in [0.15, 0.2) is 0 Å². The van der Waals surface area contributed by atoms with Gasteiger partial charge in [0.25, 0.3) is 0 Å². The second-order valence-corrected chi connectivity index (χ2v) is 4.61. The number of carbonyl (C=O) groups is 3. The zero-order valence-electron chi connectivity index (χ0n) is 9.90. The number of carbonyl (C=O) groups excluding carboxylic acids is 2. The first-order valence-electron chi connectivity index (χ1n) is 5.37. The van der Waals surface area contributed by atoms with Gasteiger partial charge in [0.1, 0.15) is 11.6 Å². The molecule has 1 aliphatic heterocycles. The van der Waals surface area contributed by atoms with Crippen LogP contribution < -0.4 is 11.1 Å². The molecule has 17 heavy (non-hydrogen) atoms. The number of hydrogen-bond acceptors (Lipinski definition) is 3. The Labute approximate surface area is 98.9 Å². The Morgan fingerprint density at radius 2 is 2.00 bits per heavy atom. The van der Waals surface area contributed by atoms with Gasteiger partial charge in [0.15, 0.2) is 0 Å². The predicted octanol–water partition coefficient (Wildman–Crippen LogP) is -0.491. The first-order valence-corrected chi connectivity index (χ1v) is 5.37. The number of nitrogens with two attached hydrogens (primary N) is 1. The molecular formula is C10H17N3O4. The van der Waals surface area contributed by atoms with Crippen molar-refractivity contribution >= 4 is 17.9 Å². The van der Waals surface area contributed by atoms with Crippen molar-refractivity contribution < 1.29 is 19.5 Å². The summed E-state index contributed by atoms with van der Waals surface area (Å²) in [5.41, 5.74) is 3.93. The summed E-state index contributed by atoms with van der Waals surface area (Å²) in [6, 6.07) is -1.39. The van der Waals surface area contributed by atoms with Crippen LogP contribution in [0.5, 0.6) is 0 Å². The van der Waals surface area contributed by atoms with E-state index in [-0.39, 0.29) is 0 Å². The van der Waals surface area contributed by atoms with Gasteiger partial charge in [-0.25, -0.2) is 9.59 Å². The van der Waals surface area contributed by atoms with Crippen molar-refractivity contribution in [2.45, 2.75) is 38.3 Å². The van der Waals surface area contributed by atoms with Gasteiger partial charge in [-0.2, -0.15) is 0 Å². The molecular weight excluding hydrogens is 226 g/mol. The minimum atomic E-state index is -1.19. The van der Waals surface area contributed by atoms with Gasteiger partial charge in [-0.3, -0.25) is 4.79 Å². The summed E-state index contributed by atoms with van der Waals surface area (Å²) in [6.45, 7) is 3.32. The maximum atomic E-state index is 11.8. The zero-order valence-corrected chi connectivity index (χ0v) is 9.90. The maximum absolute atomic E-state index is 11.8. The molecule has 7 heteroatoms. The lowest BCUT2D eigenvalue weighted by atomic mass is 10.1. The normalized spacial score (nSPS) is 20.1. The van der Waals surface area contributed by atoms with Crippen molar-refractivity contribution in [2.75, 3.05) is 6.54 Å². The molecule has 1 fully saturated rings. The number of carboxylic acids is 1. The van der Waals surface area contributed by atoms with Gasteiger partial charge < -0.3 is 21.1 Å². The van der Waals surface area contributed by atoms with E-state index in [0.717, 1.165) is 0 Å². The van der Waals surface area contributed by atoms with Crippen molar-refractivity contribution in [3.8, 4) is 0 Å². The van der Waals surface area contributed by atoms with Gasteiger partial charge >= 0.3 is 12.0 Å². The summed E-state index contributed by atoms with van der Waals surface area (Å²) in [5, 5.41) is 11.4. The Balaban J connectivity index is 2.71. The molecule has 0 radical (unpaired) electrons. The largest absolute Gasteiger partial charge is 0.480 e. The van der Waals surface area contributed by atoms with Gasteiger partial charge in [0.2, 0.25) is 5.91 Å². The first kappa shape index (κ1) is 13.3. The molecule has 0 aliphatic carbocycles. The molecule has 1 heterocycles. The number of rotatable bonds is 3. The average Bonchev–Trinajstić information content (AvgIpc) is 2.64. The molecule has 1 rings (SSSR count). The van der Waals surface area contributed by atoms with Gasteiger partial charge in [-0.15, -0.1) is 0 Å². The summed E-state index contributed by atoms with van der Waals surface area (Å²) in [4.78, 5) is 35.0. The van der Waals surface area contributed by atoms with E-state index in [4.69, 9.17) is 10.8 Å². The van der Waals surface area contributed by atoms with Crippen LogP contribution in [0.3, 0.4) is 0 Å². The van der Waals surface area contributed by atoms with Crippen molar-refractivity contribution in [2.24, 2.45) is 5.73 Å². The second kappa shape index (κ2) is 4.60. The van der Waals surface area contributed by atoms with E-state index in [0.29, 0.717) is 19.4 Å². The maximum Gasteiger partial charge on any atom is 0.326 e. The molecule has 1 aliphatic rings. The van der Waals surface area contributed by atoms with E-state index in [9.17, 15) is 14.4 Å². The molecule has 4 N–H and O–H groups in total. The van der Waals surface area contributed by atoms with Crippen molar-refractivity contribution in [3.63, 3.8) is 0 Å². The van der Waals surface area contributed by atoms with Crippen LogP contribution in [-0.4, -0.2) is 46.0 Å². The number of amides is 3. The third-order valence-corrected chi connectivity index (χ3v) is 2.83. The van der Waals surface area contributed by atoms with Gasteiger partial charge in [-0.1, -0.05) is 0 Å². The Morgan fingerprint density at radius 3 is 2.47 bits per heavy atom. The number of likely N-dealkylation sites (tertiary alicyclic amines) is 1.